The van der Waals surface area contributed by atoms with Gasteiger partial charge in [0.25, 0.3) is 0 Å². The lowest BCUT2D eigenvalue weighted by atomic mass is 10.2. The maximum atomic E-state index is 5.24. The summed E-state index contributed by atoms with van der Waals surface area (Å²) in [4.78, 5) is 0. The van der Waals surface area contributed by atoms with E-state index in [1.165, 1.54) is 5.56 Å². The van der Waals surface area contributed by atoms with E-state index in [1.54, 1.807) is 11.8 Å². The Morgan fingerprint density at radius 3 is 2.84 bits per heavy atom. The lowest BCUT2D eigenvalue weighted by Gasteiger charge is -2.04. The number of hydrogen-bond donors (Lipinski definition) is 1. The Balaban J connectivity index is 1.80. The Kier molecular flexibility index (Phi) is 5.16. The van der Waals surface area contributed by atoms with E-state index in [0.717, 1.165) is 17.0 Å². The first-order chi connectivity index (χ1) is 9.25. The van der Waals surface area contributed by atoms with E-state index in [1.807, 2.05) is 43.4 Å². The van der Waals surface area contributed by atoms with Gasteiger partial charge in [0.2, 0.25) is 0 Å². The number of nitrogens with zero attached hydrogens (tertiary/aromatic N) is 1. The highest BCUT2D eigenvalue weighted by atomic mass is 32.2. The molecule has 19 heavy (non-hydrogen) atoms. The molecule has 4 heteroatoms. The number of rotatable bonds is 4. The van der Waals surface area contributed by atoms with Gasteiger partial charge in [0, 0.05) is 11.3 Å². The van der Waals surface area contributed by atoms with Gasteiger partial charge in [-0.05, 0) is 24.6 Å². The first-order valence-electron chi connectivity index (χ1n) is 5.90. The van der Waals surface area contributed by atoms with E-state index in [2.05, 4.69) is 28.4 Å². The van der Waals surface area contributed by atoms with Crippen LogP contribution in [0.1, 0.15) is 12.5 Å². The van der Waals surface area contributed by atoms with Gasteiger partial charge < -0.3 is 0 Å². The van der Waals surface area contributed by atoms with Crippen LogP contribution >= 0.6 is 24.0 Å². The number of thiocarbonyl (C=S) groups is 1. The number of hydrogen-bond acceptors (Lipinski definition) is 3. The molecule has 0 spiro atoms. The summed E-state index contributed by atoms with van der Waals surface area (Å²) in [5, 5.41) is 4.25. The minimum absolute atomic E-state index is 0.676. The zero-order valence-corrected chi connectivity index (χ0v) is 12.2. The molecule has 0 atom stereocenters. The van der Waals surface area contributed by atoms with Crippen LogP contribution in [0, 0.1) is 0 Å². The number of allylic oxidation sites excluding steroid dienone is 3. The van der Waals surface area contributed by atoms with Gasteiger partial charge >= 0.3 is 0 Å². The molecule has 0 saturated heterocycles. The van der Waals surface area contributed by atoms with Crippen LogP contribution in [-0.4, -0.2) is 10.0 Å². The Morgan fingerprint density at radius 2 is 2.16 bits per heavy atom. The van der Waals surface area contributed by atoms with Gasteiger partial charge in [-0.2, -0.15) is 5.10 Å². The SMILES string of the molecule is C/C(=N\NC(=S)SCc1ccccc1)C1=C=CC=C1. The van der Waals surface area contributed by atoms with Gasteiger partial charge in [0.15, 0.2) is 4.32 Å². The van der Waals surface area contributed by atoms with Crippen molar-refractivity contribution in [2.45, 2.75) is 12.7 Å². The molecule has 0 bridgehead atoms. The van der Waals surface area contributed by atoms with E-state index >= 15 is 0 Å². The minimum atomic E-state index is 0.676. The largest absolute Gasteiger partial charge is 0.262 e. The van der Waals surface area contributed by atoms with Crippen molar-refractivity contribution >= 4 is 34.0 Å². The van der Waals surface area contributed by atoms with Crippen molar-refractivity contribution in [1.29, 1.82) is 0 Å². The molecule has 0 heterocycles. The van der Waals surface area contributed by atoms with E-state index in [4.69, 9.17) is 12.2 Å². The Bertz CT molecular complexity index is 579. The van der Waals surface area contributed by atoms with Crippen LogP contribution in [0.5, 0.6) is 0 Å². The summed E-state index contributed by atoms with van der Waals surface area (Å²) < 4.78 is 0.676. The third-order valence-corrected chi connectivity index (χ3v) is 3.79. The monoisotopic (exact) mass is 286 g/mol. The lowest BCUT2D eigenvalue weighted by molar-refractivity contribution is 1.06. The van der Waals surface area contributed by atoms with Gasteiger partial charge in [-0.25, -0.2) is 0 Å². The molecule has 96 valence electrons. The van der Waals surface area contributed by atoms with Gasteiger partial charge in [0.05, 0.1) is 5.71 Å². The molecule has 0 radical (unpaired) electrons. The summed E-state index contributed by atoms with van der Waals surface area (Å²) in [7, 11) is 0. The average Bonchev–Trinajstić information content (AvgIpc) is 2.98. The number of thioether (sulfide) groups is 1. The third kappa shape index (κ3) is 4.52. The highest BCUT2D eigenvalue weighted by Gasteiger charge is 2.01. The topological polar surface area (TPSA) is 24.4 Å². The van der Waals surface area contributed by atoms with Crippen LogP contribution in [0.3, 0.4) is 0 Å². The van der Waals surface area contributed by atoms with E-state index in [0.29, 0.717) is 4.32 Å². The Hall–Kier alpha value is -1.61. The molecule has 1 aromatic rings. The predicted octanol–water partition coefficient (Wildman–Crippen LogP) is 3.82. The lowest BCUT2D eigenvalue weighted by Crippen LogP contribution is -2.13. The Morgan fingerprint density at radius 1 is 1.37 bits per heavy atom. The fourth-order valence-corrected chi connectivity index (χ4v) is 2.32. The quantitative estimate of drug-likeness (QED) is 0.394. The van der Waals surface area contributed by atoms with Gasteiger partial charge in [0.1, 0.15) is 0 Å². The molecule has 1 N–H and O–H groups in total. The first-order valence-corrected chi connectivity index (χ1v) is 7.30. The van der Waals surface area contributed by atoms with Gasteiger partial charge in [-0.1, -0.05) is 60.4 Å². The molecule has 1 aliphatic carbocycles. The molecule has 1 aliphatic rings. The van der Waals surface area contributed by atoms with Crippen LogP contribution in [-0.2, 0) is 5.75 Å². The molecule has 0 unspecified atom stereocenters. The smallest absolute Gasteiger partial charge is 0.154 e. The number of nitrogens with one attached hydrogen (secondary N) is 1. The predicted molar refractivity (Wildman–Crippen MR) is 87.3 cm³/mol. The zero-order chi connectivity index (χ0) is 13.5. The maximum Gasteiger partial charge on any atom is 0.154 e. The van der Waals surface area contributed by atoms with Gasteiger partial charge in [-0.15, -0.1) is 5.73 Å². The molecule has 0 aromatic heterocycles. The molecular weight excluding hydrogens is 272 g/mol. The molecule has 1 aromatic carbocycles. The van der Waals surface area contributed by atoms with Crippen molar-refractivity contribution in [2.24, 2.45) is 5.10 Å². The van der Waals surface area contributed by atoms with Crippen molar-refractivity contribution in [2.75, 3.05) is 0 Å². The zero-order valence-electron chi connectivity index (χ0n) is 10.6. The van der Waals surface area contributed by atoms with Crippen LogP contribution in [0.2, 0.25) is 0 Å². The number of hydrazone groups is 1. The molecule has 0 fully saturated rings. The molecule has 2 nitrogen and oxygen atoms in total. The summed E-state index contributed by atoms with van der Waals surface area (Å²) in [5.74, 6) is 0.851. The molecule has 0 saturated carbocycles. The summed E-state index contributed by atoms with van der Waals surface area (Å²) in [5.41, 5.74) is 9.12. The second kappa shape index (κ2) is 7.10. The van der Waals surface area contributed by atoms with Crippen molar-refractivity contribution in [3.8, 4) is 0 Å². The molecule has 0 amide bonds. The summed E-state index contributed by atoms with van der Waals surface area (Å²) in [6.45, 7) is 1.93. The maximum absolute atomic E-state index is 5.24. The van der Waals surface area contributed by atoms with Gasteiger partial charge in [-0.3, -0.25) is 5.43 Å². The van der Waals surface area contributed by atoms with Crippen LogP contribution in [0.25, 0.3) is 0 Å². The van der Waals surface area contributed by atoms with Crippen LogP contribution < -0.4 is 5.43 Å². The van der Waals surface area contributed by atoms with Crippen LogP contribution in [0.4, 0.5) is 0 Å². The third-order valence-electron chi connectivity index (χ3n) is 2.52. The fourth-order valence-electron chi connectivity index (χ4n) is 1.50. The molecule has 0 aliphatic heterocycles. The Labute approximate surface area is 123 Å². The van der Waals surface area contributed by atoms with Crippen molar-refractivity contribution in [3.05, 3.63) is 65.4 Å². The minimum Gasteiger partial charge on any atom is -0.262 e. The average molecular weight is 286 g/mol. The molecular formula is C15H14N2S2. The fraction of sp³-hybridized carbons (Fsp3) is 0.133. The second-order valence-electron chi connectivity index (χ2n) is 3.95. The first kappa shape index (κ1) is 13.8. The normalized spacial score (nSPS) is 13.5. The van der Waals surface area contributed by atoms with E-state index < -0.39 is 0 Å². The summed E-state index contributed by atoms with van der Waals surface area (Å²) >= 11 is 6.81. The standard InChI is InChI=1S/C15H14N2S2/c1-12(14-9-5-6-10-14)16-17-15(18)19-11-13-7-3-2-4-8-13/h2-9H,11H2,1H3,(H,17,18)/b16-12+. The highest BCUT2D eigenvalue weighted by molar-refractivity contribution is 8.22. The van der Waals surface area contributed by atoms with Crippen molar-refractivity contribution in [1.82, 2.24) is 5.43 Å². The van der Waals surface area contributed by atoms with E-state index in [9.17, 15) is 0 Å². The number of benzene rings is 1. The summed E-state index contributed by atoms with van der Waals surface area (Å²) in [6.07, 6.45) is 5.79. The second-order valence-corrected chi connectivity index (χ2v) is 5.61. The van der Waals surface area contributed by atoms with E-state index in [-0.39, 0.29) is 0 Å². The highest BCUT2D eigenvalue weighted by Crippen LogP contribution is 2.12. The van der Waals surface area contributed by atoms with Crippen molar-refractivity contribution < 1.29 is 0 Å². The summed E-state index contributed by atoms with van der Waals surface area (Å²) in [6, 6.07) is 10.2. The van der Waals surface area contributed by atoms with Crippen LogP contribution in [0.15, 0.2) is 65.0 Å². The molecule has 2 rings (SSSR count). The van der Waals surface area contributed by atoms with Crippen molar-refractivity contribution in [3.63, 3.8) is 0 Å².